The van der Waals surface area contributed by atoms with Crippen molar-refractivity contribution in [1.29, 1.82) is 5.26 Å². The maximum atomic E-state index is 9.21. The van der Waals surface area contributed by atoms with Crippen LogP contribution in [0.5, 0.6) is 0 Å². The summed E-state index contributed by atoms with van der Waals surface area (Å²) in [7, 11) is 0. The molecule has 0 atom stereocenters. The summed E-state index contributed by atoms with van der Waals surface area (Å²) < 4.78 is 0. The average Bonchev–Trinajstić information content (AvgIpc) is 2.97. The van der Waals surface area contributed by atoms with Crippen molar-refractivity contribution in [3.63, 3.8) is 0 Å². The van der Waals surface area contributed by atoms with Crippen LogP contribution in [0.15, 0.2) is 18.2 Å². The lowest BCUT2D eigenvalue weighted by Gasteiger charge is -2.16. The normalized spacial score (nSPS) is 17.5. The van der Waals surface area contributed by atoms with Crippen LogP contribution in [-0.4, -0.2) is 0 Å². The van der Waals surface area contributed by atoms with Crippen molar-refractivity contribution in [2.45, 2.75) is 38.0 Å². The molecule has 0 bridgehead atoms. The monoisotopic (exact) mass is 219 g/mol. The van der Waals surface area contributed by atoms with E-state index in [0.717, 1.165) is 23.4 Å². The molecule has 0 N–H and O–H groups in total. The van der Waals surface area contributed by atoms with Gasteiger partial charge < -0.3 is 0 Å². The van der Waals surface area contributed by atoms with Crippen LogP contribution in [0.25, 0.3) is 0 Å². The van der Waals surface area contributed by atoms with Crippen LogP contribution < -0.4 is 0 Å². The Labute approximate surface area is 95.7 Å². The lowest BCUT2D eigenvalue weighted by molar-refractivity contribution is 0.803. The van der Waals surface area contributed by atoms with Crippen LogP contribution in [0, 0.1) is 11.3 Å². The maximum Gasteiger partial charge on any atom is 0.0827 e. The fourth-order valence-electron chi connectivity index (χ4n) is 2.01. The van der Waals surface area contributed by atoms with Crippen molar-refractivity contribution in [2.75, 3.05) is 0 Å². The van der Waals surface area contributed by atoms with Gasteiger partial charge in [-0.2, -0.15) is 5.26 Å². The fourth-order valence-corrected chi connectivity index (χ4v) is 2.18. The van der Waals surface area contributed by atoms with E-state index in [-0.39, 0.29) is 5.41 Å². The molecule has 2 rings (SSSR count). The smallest absolute Gasteiger partial charge is 0.0827 e. The number of halogens is 1. The molecule has 0 radical (unpaired) electrons. The first-order valence-electron chi connectivity index (χ1n) is 5.30. The standard InChI is InChI=1S/C13H14ClN/c1-9(2)11-4-3-10(14)7-12(11)13(8-15)5-6-13/h3-4,7,9H,5-6H2,1-2H3. The van der Waals surface area contributed by atoms with Gasteiger partial charge in [0.25, 0.3) is 0 Å². The van der Waals surface area contributed by atoms with E-state index in [1.54, 1.807) is 0 Å². The van der Waals surface area contributed by atoms with Gasteiger partial charge in [0, 0.05) is 5.02 Å². The maximum absolute atomic E-state index is 9.21. The van der Waals surface area contributed by atoms with Gasteiger partial charge in [-0.1, -0.05) is 31.5 Å². The lowest BCUT2D eigenvalue weighted by Crippen LogP contribution is -2.08. The van der Waals surface area contributed by atoms with Gasteiger partial charge in [-0.25, -0.2) is 0 Å². The number of nitrogens with zero attached hydrogens (tertiary/aromatic N) is 1. The van der Waals surface area contributed by atoms with Crippen LogP contribution in [0.4, 0.5) is 0 Å². The summed E-state index contributed by atoms with van der Waals surface area (Å²) >= 11 is 6.00. The molecule has 0 heterocycles. The third-order valence-electron chi connectivity index (χ3n) is 3.12. The first-order valence-corrected chi connectivity index (χ1v) is 5.68. The zero-order chi connectivity index (χ0) is 11.1. The highest BCUT2D eigenvalue weighted by molar-refractivity contribution is 6.30. The molecule has 1 saturated carbocycles. The van der Waals surface area contributed by atoms with E-state index in [2.05, 4.69) is 26.0 Å². The van der Waals surface area contributed by atoms with Crippen LogP contribution in [0.3, 0.4) is 0 Å². The molecular formula is C13H14ClN. The summed E-state index contributed by atoms with van der Waals surface area (Å²) in [6.45, 7) is 4.31. The van der Waals surface area contributed by atoms with Gasteiger partial charge in [0.1, 0.15) is 0 Å². The first kappa shape index (κ1) is 10.5. The first-order chi connectivity index (χ1) is 7.09. The predicted molar refractivity (Wildman–Crippen MR) is 62.1 cm³/mol. The highest BCUT2D eigenvalue weighted by atomic mass is 35.5. The Morgan fingerprint density at radius 3 is 2.53 bits per heavy atom. The van der Waals surface area contributed by atoms with Crippen LogP contribution in [-0.2, 0) is 5.41 Å². The molecule has 2 heteroatoms. The van der Waals surface area contributed by atoms with Crippen molar-refractivity contribution in [1.82, 2.24) is 0 Å². The molecule has 0 unspecified atom stereocenters. The second kappa shape index (κ2) is 3.54. The van der Waals surface area contributed by atoms with Gasteiger partial charge in [0.2, 0.25) is 0 Å². The number of rotatable bonds is 2. The lowest BCUT2D eigenvalue weighted by atomic mass is 9.87. The molecule has 15 heavy (non-hydrogen) atoms. The zero-order valence-electron chi connectivity index (χ0n) is 9.05. The molecule has 1 aromatic carbocycles. The van der Waals surface area contributed by atoms with Gasteiger partial charge in [-0.3, -0.25) is 0 Å². The average molecular weight is 220 g/mol. The predicted octanol–water partition coefficient (Wildman–Crippen LogP) is 4.02. The summed E-state index contributed by atoms with van der Waals surface area (Å²) in [5, 5.41) is 9.95. The Morgan fingerprint density at radius 1 is 1.40 bits per heavy atom. The SMILES string of the molecule is CC(C)c1ccc(Cl)cc1C1(C#N)CC1. The summed E-state index contributed by atoms with van der Waals surface area (Å²) in [4.78, 5) is 0. The summed E-state index contributed by atoms with van der Waals surface area (Å²) in [5.74, 6) is 0.447. The minimum Gasteiger partial charge on any atom is -0.197 e. The minimum atomic E-state index is -0.232. The molecule has 0 amide bonds. The molecule has 1 nitrogen and oxygen atoms in total. The Morgan fingerprint density at radius 2 is 2.07 bits per heavy atom. The largest absolute Gasteiger partial charge is 0.197 e. The summed E-state index contributed by atoms with van der Waals surface area (Å²) in [6.07, 6.45) is 1.95. The molecule has 78 valence electrons. The molecule has 1 aliphatic carbocycles. The van der Waals surface area contributed by atoms with Crippen molar-refractivity contribution >= 4 is 11.6 Å². The third-order valence-corrected chi connectivity index (χ3v) is 3.35. The van der Waals surface area contributed by atoms with E-state index in [0.29, 0.717) is 5.92 Å². The van der Waals surface area contributed by atoms with E-state index in [9.17, 15) is 5.26 Å². The van der Waals surface area contributed by atoms with Crippen molar-refractivity contribution < 1.29 is 0 Å². The van der Waals surface area contributed by atoms with E-state index >= 15 is 0 Å². The summed E-state index contributed by atoms with van der Waals surface area (Å²) in [5.41, 5.74) is 2.18. The van der Waals surface area contributed by atoms with E-state index in [4.69, 9.17) is 11.6 Å². The number of benzene rings is 1. The Hall–Kier alpha value is -1.00. The van der Waals surface area contributed by atoms with E-state index in [1.807, 2.05) is 12.1 Å². The Bertz CT molecular complexity index is 425. The molecular weight excluding hydrogens is 206 g/mol. The molecule has 0 saturated heterocycles. The van der Waals surface area contributed by atoms with Gasteiger partial charge in [-0.05, 0) is 42.0 Å². The number of nitriles is 1. The number of hydrogen-bond donors (Lipinski definition) is 0. The van der Waals surface area contributed by atoms with Crippen LogP contribution >= 0.6 is 11.6 Å². The zero-order valence-corrected chi connectivity index (χ0v) is 9.80. The van der Waals surface area contributed by atoms with E-state index < -0.39 is 0 Å². The molecule has 0 aliphatic heterocycles. The molecule has 1 fully saturated rings. The van der Waals surface area contributed by atoms with Gasteiger partial charge >= 0.3 is 0 Å². The summed E-state index contributed by atoms with van der Waals surface area (Å²) in [6, 6.07) is 8.36. The van der Waals surface area contributed by atoms with Crippen molar-refractivity contribution in [3.8, 4) is 6.07 Å². The van der Waals surface area contributed by atoms with E-state index in [1.165, 1.54) is 5.56 Å². The highest BCUT2D eigenvalue weighted by Crippen LogP contribution is 2.50. The Kier molecular flexibility index (Phi) is 2.48. The van der Waals surface area contributed by atoms with Crippen molar-refractivity contribution in [2.24, 2.45) is 0 Å². The topological polar surface area (TPSA) is 23.8 Å². The van der Waals surface area contributed by atoms with Gasteiger partial charge in [-0.15, -0.1) is 0 Å². The quantitative estimate of drug-likeness (QED) is 0.737. The second-order valence-corrected chi connectivity index (χ2v) is 5.02. The second-order valence-electron chi connectivity index (χ2n) is 4.58. The molecule has 0 aromatic heterocycles. The molecule has 1 aliphatic rings. The Balaban J connectivity index is 2.54. The van der Waals surface area contributed by atoms with Gasteiger partial charge in [0.05, 0.1) is 11.5 Å². The van der Waals surface area contributed by atoms with Crippen LogP contribution in [0.1, 0.15) is 43.7 Å². The third kappa shape index (κ3) is 1.75. The molecule has 0 spiro atoms. The van der Waals surface area contributed by atoms with Gasteiger partial charge in [0.15, 0.2) is 0 Å². The van der Waals surface area contributed by atoms with Crippen LogP contribution in [0.2, 0.25) is 5.02 Å². The fraction of sp³-hybridized carbons (Fsp3) is 0.462. The number of hydrogen-bond acceptors (Lipinski definition) is 1. The highest BCUT2D eigenvalue weighted by Gasteiger charge is 2.46. The molecule has 1 aromatic rings. The minimum absolute atomic E-state index is 0.232. The van der Waals surface area contributed by atoms with Crippen molar-refractivity contribution in [3.05, 3.63) is 34.3 Å².